The summed E-state index contributed by atoms with van der Waals surface area (Å²) in [7, 11) is 0. The van der Waals surface area contributed by atoms with Gasteiger partial charge in [-0.3, -0.25) is 14.5 Å². The molecular formula is C23H27N3O3. The first kappa shape index (κ1) is 19.5. The minimum absolute atomic E-state index is 0.178. The van der Waals surface area contributed by atoms with E-state index < -0.39 is 5.91 Å². The predicted molar refractivity (Wildman–Crippen MR) is 111 cm³/mol. The number of carbonyl (C=O) groups is 2. The first-order valence-corrected chi connectivity index (χ1v) is 10.2. The van der Waals surface area contributed by atoms with E-state index in [1.807, 2.05) is 41.3 Å². The lowest BCUT2D eigenvalue weighted by molar-refractivity contribution is -0.131. The number of carbonyl (C=O) groups excluding carboxylic acids is 2. The van der Waals surface area contributed by atoms with Crippen LogP contribution in [0.1, 0.15) is 27.9 Å². The Balaban J connectivity index is 1.32. The minimum Gasteiger partial charge on any atom is -0.492 e. The summed E-state index contributed by atoms with van der Waals surface area (Å²) in [5.74, 6) is 1.10. The number of primary amides is 1. The van der Waals surface area contributed by atoms with Gasteiger partial charge in [0.05, 0.1) is 6.54 Å². The number of hydrogen-bond donors (Lipinski definition) is 1. The van der Waals surface area contributed by atoms with E-state index in [0.717, 1.165) is 55.9 Å². The summed E-state index contributed by atoms with van der Waals surface area (Å²) in [6.45, 7) is 4.06. The number of para-hydroxylation sites is 1. The summed E-state index contributed by atoms with van der Waals surface area (Å²) < 4.78 is 5.80. The number of nitrogens with zero attached hydrogens (tertiary/aromatic N) is 2. The largest absolute Gasteiger partial charge is 0.492 e. The van der Waals surface area contributed by atoms with Crippen LogP contribution >= 0.6 is 0 Å². The molecule has 0 spiro atoms. The lowest BCUT2D eigenvalue weighted by Gasteiger charge is -2.23. The summed E-state index contributed by atoms with van der Waals surface area (Å²) >= 11 is 0. The van der Waals surface area contributed by atoms with Crippen LogP contribution in [0.3, 0.4) is 0 Å². The normalized spacial score (nSPS) is 19.3. The fourth-order valence-electron chi connectivity index (χ4n) is 4.22. The second kappa shape index (κ2) is 8.66. The molecule has 2 aliphatic rings. The summed E-state index contributed by atoms with van der Waals surface area (Å²) in [6.07, 6.45) is 1.84. The molecule has 1 saturated heterocycles. The second-order valence-corrected chi connectivity index (χ2v) is 7.93. The van der Waals surface area contributed by atoms with Gasteiger partial charge in [0.2, 0.25) is 11.8 Å². The van der Waals surface area contributed by atoms with E-state index in [4.69, 9.17) is 10.5 Å². The average Bonchev–Trinajstić information content (AvgIpc) is 3.08. The van der Waals surface area contributed by atoms with E-state index in [9.17, 15) is 9.59 Å². The van der Waals surface area contributed by atoms with Crippen LogP contribution in [0.25, 0.3) is 0 Å². The van der Waals surface area contributed by atoms with E-state index >= 15 is 0 Å². The fraction of sp³-hybridized carbons (Fsp3) is 0.391. The molecule has 0 radical (unpaired) electrons. The van der Waals surface area contributed by atoms with Crippen LogP contribution in [-0.4, -0.2) is 54.4 Å². The summed E-state index contributed by atoms with van der Waals surface area (Å²) in [4.78, 5) is 28.4. The smallest absolute Gasteiger partial charge is 0.248 e. The van der Waals surface area contributed by atoms with Crippen molar-refractivity contribution in [2.45, 2.75) is 19.4 Å². The zero-order valence-corrected chi connectivity index (χ0v) is 16.5. The van der Waals surface area contributed by atoms with Crippen molar-refractivity contribution in [2.24, 2.45) is 11.7 Å². The Kier molecular flexibility index (Phi) is 5.81. The Morgan fingerprint density at radius 3 is 2.83 bits per heavy atom. The molecule has 2 N–H and O–H groups in total. The van der Waals surface area contributed by atoms with Crippen molar-refractivity contribution in [3.05, 3.63) is 65.2 Å². The highest BCUT2D eigenvalue weighted by Gasteiger charge is 2.28. The monoisotopic (exact) mass is 393 g/mol. The number of hydrogen-bond acceptors (Lipinski definition) is 4. The highest BCUT2D eigenvalue weighted by Crippen LogP contribution is 2.24. The van der Waals surface area contributed by atoms with Crippen LogP contribution in [0, 0.1) is 5.92 Å². The number of fused-ring (bicyclic) bond motifs is 1. The van der Waals surface area contributed by atoms with E-state index in [1.165, 1.54) is 0 Å². The van der Waals surface area contributed by atoms with Crippen LogP contribution in [0.5, 0.6) is 5.75 Å². The molecular weight excluding hydrogens is 366 g/mol. The molecule has 1 fully saturated rings. The summed E-state index contributed by atoms with van der Waals surface area (Å²) in [5.41, 5.74) is 8.15. The van der Waals surface area contributed by atoms with Crippen molar-refractivity contribution in [3.63, 3.8) is 0 Å². The molecule has 2 aliphatic heterocycles. The van der Waals surface area contributed by atoms with E-state index in [0.29, 0.717) is 24.6 Å². The van der Waals surface area contributed by atoms with Crippen LogP contribution in [0.2, 0.25) is 0 Å². The Morgan fingerprint density at radius 2 is 1.97 bits per heavy atom. The number of nitrogens with two attached hydrogens (primary N) is 1. The average molecular weight is 393 g/mol. The molecule has 6 heteroatoms. The molecule has 2 aromatic rings. The van der Waals surface area contributed by atoms with Crippen molar-refractivity contribution in [3.8, 4) is 5.75 Å². The predicted octanol–water partition coefficient (Wildman–Crippen LogP) is 2.07. The van der Waals surface area contributed by atoms with Crippen molar-refractivity contribution < 1.29 is 14.3 Å². The maximum absolute atomic E-state index is 12.9. The molecule has 0 bridgehead atoms. The molecule has 2 aromatic carbocycles. The number of benzene rings is 2. The Hall–Kier alpha value is -2.86. The lowest BCUT2D eigenvalue weighted by Crippen LogP contribution is -2.40. The molecule has 0 saturated carbocycles. The highest BCUT2D eigenvalue weighted by molar-refractivity contribution is 5.92. The molecule has 0 unspecified atom stereocenters. The molecule has 152 valence electrons. The summed E-state index contributed by atoms with van der Waals surface area (Å²) in [6, 6.07) is 15.5. The lowest BCUT2D eigenvalue weighted by atomic mass is 9.97. The van der Waals surface area contributed by atoms with Gasteiger partial charge in [0.25, 0.3) is 0 Å². The first-order valence-electron chi connectivity index (χ1n) is 10.2. The third-order valence-electron chi connectivity index (χ3n) is 5.76. The fourth-order valence-corrected chi connectivity index (χ4v) is 4.22. The van der Waals surface area contributed by atoms with Crippen molar-refractivity contribution in [2.75, 3.05) is 32.8 Å². The molecule has 2 amide bonds. The maximum Gasteiger partial charge on any atom is 0.248 e. The molecule has 2 heterocycles. The van der Waals surface area contributed by atoms with E-state index in [-0.39, 0.29) is 5.91 Å². The van der Waals surface area contributed by atoms with E-state index in [1.54, 1.807) is 6.07 Å². The highest BCUT2D eigenvalue weighted by atomic mass is 16.5. The molecule has 4 rings (SSSR count). The zero-order valence-electron chi connectivity index (χ0n) is 16.5. The van der Waals surface area contributed by atoms with Gasteiger partial charge in [-0.05, 0) is 42.5 Å². The van der Waals surface area contributed by atoms with E-state index in [2.05, 4.69) is 11.0 Å². The van der Waals surface area contributed by atoms with Crippen molar-refractivity contribution in [1.29, 1.82) is 0 Å². The zero-order chi connectivity index (χ0) is 20.2. The number of rotatable bonds is 5. The Morgan fingerprint density at radius 1 is 1.10 bits per heavy atom. The van der Waals surface area contributed by atoms with Gasteiger partial charge in [0.15, 0.2) is 0 Å². The van der Waals surface area contributed by atoms with Crippen molar-refractivity contribution >= 4 is 11.8 Å². The molecule has 6 nitrogen and oxygen atoms in total. The Bertz CT molecular complexity index is 898. The molecule has 29 heavy (non-hydrogen) atoms. The third-order valence-corrected chi connectivity index (χ3v) is 5.76. The van der Waals surface area contributed by atoms with Gasteiger partial charge in [-0.2, -0.15) is 0 Å². The van der Waals surface area contributed by atoms with Gasteiger partial charge < -0.3 is 15.4 Å². The van der Waals surface area contributed by atoms with Gasteiger partial charge in [0.1, 0.15) is 12.4 Å². The van der Waals surface area contributed by atoms with Gasteiger partial charge in [-0.15, -0.1) is 0 Å². The summed E-state index contributed by atoms with van der Waals surface area (Å²) in [5, 5.41) is 0. The van der Waals surface area contributed by atoms with Crippen LogP contribution in [0.15, 0.2) is 48.5 Å². The topological polar surface area (TPSA) is 75.9 Å². The van der Waals surface area contributed by atoms with Gasteiger partial charge >= 0.3 is 0 Å². The van der Waals surface area contributed by atoms with Gasteiger partial charge in [-0.25, -0.2) is 0 Å². The van der Waals surface area contributed by atoms with Gasteiger partial charge in [0, 0.05) is 37.3 Å². The molecule has 0 aromatic heterocycles. The molecule has 0 aliphatic carbocycles. The third kappa shape index (κ3) is 4.77. The van der Waals surface area contributed by atoms with Crippen molar-refractivity contribution in [1.82, 2.24) is 9.80 Å². The molecule has 1 atom stereocenters. The Labute approximate surface area is 171 Å². The second-order valence-electron chi connectivity index (χ2n) is 7.93. The van der Waals surface area contributed by atoms with Gasteiger partial charge in [-0.1, -0.05) is 30.3 Å². The standard InChI is InChI=1S/C23H27N3O3/c24-23(28)19-6-3-4-17(13-19)12-18-8-9-26(14-18)22(27)16-25-10-11-29-21-7-2-1-5-20(21)15-25/h1-7,13,18H,8-12,14-16H2,(H2,24,28)/t18-/m1/s1. The van der Waals surface area contributed by atoms with Crippen LogP contribution < -0.4 is 10.5 Å². The van der Waals surface area contributed by atoms with Crippen LogP contribution in [-0.2, 0) is 17.8 Å². The quantitative estimate of drug-likeness (QED) is 0.844. The first-order chi connectivity index (χ1) is 14.1. The SMILES string of the molecule is NC(=O)c1cccc(C[C@H]2CCN(C(=O)CN3CCOc4ccccc4C3)C2)c1. The maximum atomic E-state index is 12.9. The number of amides is 2. The number of likely N-dealkylation sites (tertiary alicyclic amines) is 1. The number of ether oxygens (including phenoxy) is 1. The minimum atomic E-state index is -0.405. The van der Waals surface area contributed by atoms with Crippen LogP contribution in [0.4, 0.5) is 0 Å².